The summed E-state index contributed by atoms with van der Waals surface area (Å²) < 4.78 is 0. The molecule has 2 atom stereocenters. The predicted octanol–water partition coefficient (Wildman–Crippen LogP) is 3.58. The van der Waals surface area contributed by atoms with Crippen LogP contribution in [0.3, 0.4) is 0 Å². The summed E-state index contributed by atoms with van der Waals surface area (Å²) in [5, 5.41) is 3.16. The zero-order valence-electron chi connectivity index (χ0n) is 13.9. The molecule has 0 radical (unpaired) electrons. The summed E-state index contributed by atoms with van der Waals surface area (Å²) in [4.78, 5) is 12.1. The molecule has 1 aromatic rings. The normalized spacial score (nSPS) is 14.0. The third-order valence-electron chi connectivity index (χ3n) is 3.79. The molecule has 1 rings (SSSR count). The van der Waals surface area contributed by atoms with Gasteiger partial charge in [0.05, 0.1) is 6.04 Å². The Kier molecular flexibility index (Phi) is 7.44. The van der Waals surface area contributed by atoms with E-state index in [0.29, 0.717) is 12.3 Å². The fourth-order valence-corrected chi connectivity index (χ4v) is 2.43. The Labute approximate surface area is 129 Å². The molecule has 1 amide bonds. The number of amides is 1. The van der Waals surface area contributed by atoms with Crippen LogP contribution in [0.15, 0.2) is 24.3 Å². The fourth-order valence-electron chi connectivity index (χ4n) is 2.43. The van der Waals surface area contributed by atoms with Gasteiger partial charge in [-0.05, 0) is 43.2 Å². The zero-order valence-corrected chi connectivity index (χ0v) is 13.9. The number of nitrogens with one attached hydrogen (secondary N) is 1. The topological polar surface area (TPSA) is 55.1 Å². The van der Waals surface area contributed by atoms with Crippen molar-refractivity contribution >= 4 is 5.91 Å². The summed E-state index contributed by atoms with van der Waals surface area (Å²) in [6.45, 7) is 8.40. The van der Waals surface area contributed by atoms with Crippen LogP contribution in [0, 0.1) is 5.92 Å². The maximum absolute atomic E-state index is 12.1. The monoisotopic (exact) mass is 290 g/mol. The Hall–Kier alpha value is -1.35. The van der Waals surface area contributed by atoms with E-state index in [0.717, 1.165) is 19.3 Å². The van der Waals surface area contributed by atoms with Crippen LogP contribution in [0.2, 0.25) is 0 Å². The number of carbonyl (C=O) groups excluding carboxylic acids is 1. The molecular formula is C18H30N2O. The van der Waals surface area contributed by atoms with Gasteiger partial charge in [-0.3, -0.25) is 4.79 Å². The Morgan fingerprint density at radius 3 is 2.29 bits per heavy atom. The molecule has 2 unspecified atom stereocenters. The molecule has 0 aliphatic rings. The standard InChI is InChI=1S/C18H30N2O/c1-5-15-9-11-16(12-10-15)18(13(2)3)20-17(21)8-6-7-14(4)19/h9-14,18H,5-8,19H2,1-4H3,(H,20,21). The van der Waals surface area contributed by atoms with Crippen LogP contribution in [0.1, 0.15) is 64.1 Å². The minimum absolute atomic E-state index is 0.0821. The lowest BCUT2D eigenvalue weighted by Crippen LogP contribution is -2.31. The second-order valence-electron chi connectivity index (χ2n) is 6.25. The lowest BCUT2D eigenvalue weighted by Gasteiger charge is -2.23. The molecule has 0 aliphatic carbocycles. The SMILES string of the molecule is CCc1ccc(C(NC(=O)CCCC(C)N)C(C)C)cc1. The molecule has 3 nitrogen and oxygen atoms in total. The minimum atomic E-state index is 0.0821. The molecule has 0 aromatic heterocycles. The number of rotatable bonds is 8. The molecule has 3 N–H and O–H groups in total. The molecule has 3 heteroatoms. The quantitative estimate of drug-likeness (QED) is 0.769. The third kappa shape index (κ3) is 6.30. The molecule has 0 spiro atoms. The van der Waals surface area contributed by atoms with Gasteiger partial charge in [0.2, 0.25) is 5.91 Å². The van der Waals surface area contributed by atoms with Crippen molar-refractivity contribution in [2.45, 2.75) is 65.5 Å². The van der Waals surface area contributed by atoms with Crippen molar-refractivity contribution in [1.29, 1.82) is 0 Å². The van der Waals surface area contributed by atoms with E-state index >= 15 is 0 Å². The Balaban J connectivity index is 2.62. The van der Waals surface area contributed by atoms with Crippen molar-refractivity contribution in [1.82, 2.24) is 5.32 Å². The maximum atomic E-state index is 12.1. The summed E-state index contributed by atoms with van der Waals surface area (Å²) in [7, 11) is 0. The lowest BCUT2D eigenvalue weighted by atomic mass is 9.94. The van der Waals surface area contributed by atoms with E-state index in [4.69, 9.17) is 5.73 Å². The van der Waals surface area contributed by atoms with Gasteiger partial charge in [-0.2, -0.15) is 0 Å². The molecular weight excluding hydrogens is 260 g/mol. The van der Waals surface area contributed by atoms with Gasteiger partial charge in [-0.25, -0.2) is 0 Å². The second-order valence-corrected chi connectivity index (χ2v) is 6.25. The van der Waals surface area contributed by atoms with Crippen molar-refractivity contribution in [3.63, 3.8) is 0 Å². The molecule has 0 aliphatic heterocycles. The van der Waals surface area contributed by atoms with Gasteiger partial charge in [0, 0.05) is 12.5 Å². The van der Waals surface area contributed by atoms with Gasteiger partial charge < -0.3 is 11.1 Å². The molecule has 0 fully saturated rings. The van der Waals surface area contributed by atoms with Crippen LogP contribution in [-0.2, 0) is 11.2 Å². The van der Waals surface area contributed by atoms with Gasteiger partial charge in [-0.15, -0.1) is 0 Å². The summed E-state index contributed by atoms with van der Waals surface area (Å²) in [6.07, 6.45) is 3.34. The van der Waals surface area contributed by atoms with Crippen LogP contribution < -0.4 is 11.1 Å². The third-order valence-corrected chi connectivity index (χ3v) is 3.79. The number of carbonyl (C=O) groups is 1. The first-order valence-electron chi connectivity index (χ1n) is 8.07. The fraction of sp³-hybridized carbons (Fsp3) is 0.611. The molecule has 0 heterocycles. The van der Waals surface area contributed by atoms with Crippen molar-refractivity contribution in [3.05, 3.63) is 35.4 Å². The molecule has 1 aromatic carbocycles. The predicted molar refractivity (Wildman–Crippen MR) is 89.0 cm³/mol. The van der Waals surface area contributed by atoms with Crippen molar-refractivity contribution in [2.75, 3.05) is 0 Å². The smallest absolute Gasteiger partial charge is 0.220 e. The van der Waals surface area contributed by atoms with E-state index in [1.165, 1.54) is 11.1 Å². The highest BCUT2D eigenvalue weighted by atomic mass is 16.1. The summed E-state index contributed by atoms with van der Waals surface area (Å²) in [6, 6.07) is 8.80. The maximum Gasteiger partial charge on any atom is 0.220 e. The highest BCUT2D eigenvalue weighted by Gasteiger charge is 2.18. The van der Waals surface area contributed by atoms with Gasteiger partial charge in [0.15, 0.2) is 0 Å². The molecule has 21 heavy (non-hydrogen) atoms. The second kappa shape index (κ2) is 8.83. The van der Waals surface area contributed by atoms with E-state index in [2.05, 4.69) is 50.4 Å². The average Bonchev–Trinajstić information content (AvgIpc) is 2.44. The summed E-state index contributed by atoms with van der Waals surface area (Å²) in [5.74, 6) is 0.490. The van der Waals surface area contributed by atoms with Crippen LogP contribution in [-0.4, -0.2) is 11.9 Å². The summed E-state index contributed by atoms with van der Waals surface area (Å²) in [5.41, 5.74) is 8.22. The van der Waals surface area contributed by atoms with Gasteiger partial charge >= 0.3 is 0 Å². The van der Waals surface area contributed by atoms with Crippen molar-refractivity contribution in [3.8, 4) is 0 Å². The van der Waals surface area contributed by atoms with Crippen LogP contribution in [0.25, 0.3) is 0 Å². The zero-order chi connectivity index (χ0) is 15.8. The first-order chi connectivity index (χ1) is 9.93. The van der Waals surface area contributed by atoms with Crippen LogP contribution in [0.5, 0.6) is 0 Å². The number of nitrogens with two attached hydrogens (primary N) is 1. The van der Waals surface area contributed by atoms with E-state index in [1.807, 2.05) is 6.92 Å². The van der Waals surface area contributed by atoms with Gasteiger partial charge in [0.25, 0.3) is 0 Å². The highest BCUT2D eigenvalue weighted by Crippen LogP contribution is 2.22. The summed E-state index contributed by atoms with van der Waals surface area (Å²) >= 11 is 0. The largest absolute Gasteiger partial charge is 0.349 e. The van der Waals surface area contributed by atoms with Crippen LogP contribution in [0.4, 0.5) is 0 Å². The van der Waals surface area contributed by atoms with Crippen LogP contribution >= 0.6 is 0 Å². The van der Waals surface area contributed by atoms with Gasteiger partial charge in [-0.1, -0.05) is 45.0 Å². The molecule has 0 bridgehead atoms. The van der Waals surface area contributed by atoms with E-state index in [1.54, 1.807) is 0 Å². The number of hydrogen-bond acceptors (Lipinski definition) is 2. The first-order valence-corrected chi connectivity index (χ1v) is 8.07. The highest BCUT2D eigenvalue weighted by molar-refractivity contribution is 5.76. The van der Waals surface area contributed by atoms with Crippen molar-refractivity contribution in [2.24, 2.45) is 11.7 Å². The minimum Gasteiger partial charge on any atom is -0.349 e. The van der Waals surface area contributed by atoms with Crippen molar-refractivity contribution < 1.29 is 4.79 Å². The first kappa shape index (κ1) is 17.7. The molecule has 118 valence electrons. The number of benzene rings is 1. The Morgan fingerprint density at radius 1 is 1.19 bits per heavy atom. The van der Waals surface area contributed by atoms with Gasteiger partial charge in [0.1, 0.15) is 0 Å². The molecule has 0 saturated carbocycles. The van der Waals surface area contributed by atoms with E-state index in [-0.39, 0.29) is 18.0 Å². The van der Waals surface area contributed by atoms with E-state index in [9.17, 15) is 4.79 Å². The average molecular weight is 290 g/mol. The number of hydrogen-bond donors (Lipinski definition) is 2. The van der Waals surface area contributed by atoms with E-state index < -0.39 is 0 Å². The lowest BCUT2D eigenvalue weighted by molar-refractivity contribution is -0.122. The molecule has 0 saturated heterocycles. The Bertz CT molecular complexity index is 423. The Morgan fingerprint density at radius 2 is 1.81 bits per heavy atom. The number of aryl methyl sites for hydroxylation is 1.